The Bertz CT molecular complexity index is 910. The number of benzene rings is 2. The minimum Gasteiger partial charge on any atom is -0.495 e. The zero-order valence-corrected chi connectivity index (χ0v) is 18.1. The van der Waals surface area contributed by atoms with E-state index in [4.69, 9.17) is 4.74 Å². The first-order chi connectivity index (χ1) is 15.1. The third-order valence-corrected chi connectivity index (χ3v) is 6.49. The fourth-order valence-corrected chi connectivity index (χ4v) is 4.96. The molecule has 1 saturated heterocycles. The molecule has 0 aromatic heterocycles. The van der Waals surface area contributed by atoms with Crippen molar-refractivity contribution in [1.29, 1.82) is 0 Å². The van der Waals surface area contributed by atoms with E-state index in [2.05, 4.69) is 15.5 Å². The minimum absolute atomic E-state index is 0.0115. The van der Waals surface area contributed by atoms with Crippen LogP contribution in [0.15, 0.2) is 48.5 Å². The topological polar surface area (TPSA) is 70.7 Å². The van der Waals surface area contributed by atoms with Crippen molar-refractivity contribution >= 4 is 23.2 Å². The number of amides is 2. The van der Waals surface area contributed by atoms with Gasteiger partial charge in [-0.3, -0.25) is 14.5 Å². The maximum Gasteiger partial charge on any atom is 0.255 e. The number of anilines is 2. The fourth-order valence-electron chi connectivity index (χ4n) is 4.96. The second-order valence-electron chi connectivity index (χ2n) is 8.50. The zero-order valence-electron chi connectivity index (χ0n) is 18.1. The number of piperidine rings is 1. The molecule has 1 aliphatic heterocycles. The number of carbonyl (C=O) groups excluding carboxylic acids is 2. The van der Waals surface area contributed by atoms with E-state index in [1.807, 2.05) is 12.1 Å². The Balaban J connectivity index is 1.32. The molecule has 6 nitrogen and oxygen atoms in total. The number of fused-ring (bicyclic) bond motifs is 1. The third-order valence-electron chi connectivity index (χ3n) is 6.49. The van der Waals surface area contributed by atoms with Crippen molar-refractivity contribution in [3.05, 3.63) is 54.1 Å². The van der Waals surface area contributed by atoms with E-state index in [1.54, 1.807) is 43.5 Å². The predicted molar refractivity (Wildman–Crippen MR) is 123 cm³/mol. The molecular weight excluding hydrogens is 390 g/mol. The van der Waals surface area contributed by atoms with Crippen LogP contribution in [0.1, 0.15) is 48.9 Å². The Morgan fingerprint density at radius 3 is 2.52 bits per heavy atom. The summed E-state index contributed by atoms with van der Waals surface area (Å²) in [4.78, 5) is 27.6. The molecule has 0 bridgehead atoms. The lowest BCUT2D eigenvalue weighted by atomic mass is 9.78. The van der Waals surface area contributed by atoms with Gasteiger partial charge in [-0.05, 0) is 74.5 Å². The molecule has 2 fully saturated rings. The average Bonchev–Trinajstić information content (AvgIpc) is 2.80. The molecular formula is C25H31N3O3. The number of rotatable bonds is 6. The van der Waals surface area contributed by atoms with Crippen molar-refractivity contribution in [2.45, 2.75) is 44.6 Å². The molecule has 31 heavy (non-hydrogen) atoms. The standard InChI is InChI=1S/C25H31N3O3/c1-31-23-11-5-3-9-21(23)27-25(30)19-12-14-20(15-13-19)26-24(29)17-28-16-6-8-18-7-2-4-10-22(18)28/h3,5,9,11-15,18,22H,2,4,6-8,10,16-17H2,1H3,(H,26,29)(H,27,30)/t18-,22-/m0/s1. The van der Waals surface area contributed by atoms with E-state index in [-0.39, 0.29) is 11.8 Å². The zero-order chi connectivity index (χ0) is 21.6. The highest BCUT2D eigenvalue weighted by Crippen LogP contribution is 2.35. The molecule has 0 unspecified atom stereocenters. The summed E-state index contributed by atoms with van der Waals surface area (Å²) in [6.07, 6.45) is 7.62. The molecule has 2 amide bonds. The van der Waals surface area contributed by atoms with Crippen molar-refractivity contribution in [3.8, 4) is 5.75 Å². The molecule has 4 rings (SSSR count). The summed E-state index contributed by atoms with van der Waals surface area (Å²) < 4.78 is 5.27. The number of nitrogens with one attached hydrogen (secondary N) is 2. The fraction of sp³-hybridized carbons (Fsp3) is 0.440. The van der Waals surface area contributed by atoms with Crippen LogP contribution in [-0.4, -0.2) is 43.0 Å². The molecule has 2 N–H and O–H groups in total. The van der Waals surface area contributed by atoms with Gasteiger partial charge in [-0.2, -0.15) is 0 Å². The van der Waals surface area contributed by atoms with Crippen LogP contribution >= 0.6 is 0 Å². The van der Waals surface area contributed by atoms with Gasteiger partial charge in [-0.1, -0.05) is 25.0 Å². The molecule has 1 aliphatic carbocycles. The summed E-state index contributed by atoms with van der Waals surface area (Å²) >= 11 is 0. The molecule has 2 atom stereocenters. The van der Waals surface area contributed by atoms with Crippen LogP contribution in [0.3, 0.4) is 0 Å². The minimum atomic E-state index is -0.223. The van der Waals surface area contributed by atoms with E-state index in [9.17, 15) is 9.59 Å². The van der Waals surface area contributed by atoms with Crippen molar-refractivity contribution in [2.24, 2.45) is 5.92 Å². The van der Waals surface area contributed by atoms with Crippen LogP contribution in [0.2, 0.25) is 0 Å². The summed E-state index contributed by atoms with van der Waals surface area (Å²) in [7, 11) is 1.57. The van der Waals surface area contributed by atoms with Crippen molar-refractivity contribution in [2.75, 3.05) is 30.8 Å². The lowest BCUT2D eigenvalue weighted by Crippen LogP contribution is -2.49. The van der Waals surface area contributed by atoms with Gasteiger partial charge in [0.05, 0.1) is 19.3 Å². The van der Waals surface area contributed by atoms with Crippen molar-refractivity contribution in [3.63, 3.8) is 0 Å². The van der Waals surface area contributed by atoms with Gasteiger partial charge < -0.3 is 15.4 Å². The maximum absolute atomic E-state index is 12.6. The van der Waals surface area contributed by atoms with Gasteiger partial charge in [0.1, 0.15) is 5.75 Å². The summed E-state index contributed by atoms with van der Waals surface area (Å²) in [6, 6.07) is 14.8. The molecule has 0 spiro atoms. The first kappa shape index (κ1) is 21.4. The number of methoxy groups -OCH3 is 1. The second kappa shape index (κ2) is 9.96. The predicted octanol–water partition coefficient (Wildman–Crippen LogP) is 4.54. The Kier molecular flexibility index (Phi) is 6.87. The van der Waals surface area contributed by atoms with Gasteiger partial charge in [0.2, 0.25) is 5.91 Å². The quantitative estimate of drug-likeness (QED) is 0.718. The highest BCUT2D eigenvalue weighted by atomic mass is 16.5. The number of ether oxygens (including phenoxy) is 1. The Morgan fingerprint density at radius 1 is 0.968 bits per heavy atom. The number of hydrogen-bond donors (Lipinski definition) is 2. The van der Waals surface area contributed by atoms with E-state index in [1.165, 1.54) is 38.5 Å². The Hall–Kier alpha value is -2.86. The van der Waals surface area contributed by atoms with Crippen LogP contribution in [0.25, 0.3) is 0 Å². The van der Waals surface area contributed by atoms with Crippen LogP contribution < -0.4 is 15.4 Å². The molecule has 0 radical (unpaired) electrons. The van der Waals surface area contributed by atoms with Crippen LogP contribution in [0.4, 0.5) is 11.4 Å². The van der Waals surface area contributed by atoms with Crippen molar-refractivity contribution < 1.29 is 14.3 Å². The number of likely N-dealkylation sites (tertiary alicyclic amines) is 1. The number of carbonyl (C=O) groups is 2. The van der Waals surface area contributed by atoms with Gasteiger partial charge in [0.25, 0.3) is 5.91 Å². The largest absolute Gasteiger partial charge is 0.495 e. The Labute approximate surface area is 184 Å². The van der Waals surface area contributed by atoms with Crippen LogP contribution in [0, 0.1) is 5.92 Å². The highest BCUT2D eigenvalue weighted by molar-refractivity contribution is 6.05. The monoisotopic (exact) mass is 421 g/mol. The van der Waals surface area contributed by atoms with Crippen LogP contribution in [-0.2, 0) is 4.79 Å². The van der Waals surface area contributed by atoms with E-state index in [0.29, 0.717) is 35.3 Å². The average molecular weight is 422 g/mol. The van der Waals surface area contributed by atoms with Crippen LogP contribution in [0.5, 0.6) is 5.75 Å². The highest BCUT2D eigenvalue weighted by Gasteiger charge is 2.33. The normalized spacial score (nSPS) is 21.1. The van der Waals surface area contributed by atoms with Gasteiger partial charge in [-0.15, -0.1) is 0 Å². The van der Waals surface area contributed by atoms with Crippen molar-refractivity contribution in [1.82, 2.24) is 4.90 Å². The van der Waals surface area contributed by atoms with Gasteiger partial charge in [0, 0.05) is 17.3 Å². The molecule has 2 aromatic rings. The molecule has 1 heterocycles. The first-order valence-electron chi connectivity index (χ1n) is 11.2. The smallest absolute Gasteiger partial charge is 0.255 e. The lowest BCUT2D eigenvalue weighted by molar-refractivity contribution is -0.118. The molecule has 2 aromatic carbocycles. The molecule has 2 aliphatic rings. The molecule has 1 saturated carbocycles. The summed E-state index contributed by atoms with van der Waals surface area (Å²) in [5.41, 5.74) is 1.84. The van der Waals surface area contributed by atoms with E-state index < -0.39 is 0 Å². The molecule has 164 valence electrons. The third kappa shape index (κ3) is 5.25. The molecule has 6 heteroatoms. The SMILES string of the molecule is COc1ccccc1NC(=O)c1ccc(NC(=O)CN2CCC[C@@H]3CCCC[C@@H]32)cc1. The van der Waals surface area contributed by atoms with Gasteiger partial charge >= 0.3 is 0 Å². The van der Waals surface area contributed by atoms with Gasteiger partial charge in [0.15, 0.2) is 0 Å². The number of nitrogens with zero attached hydrogens (tertiary/aromatic N) is 1. The number of para-hydroxylation sites is 2. The summed E-state index contributed by atoms with van der Waals surface area (Å²) in [5, 5.41) is 5.85. The maximum atomic E-state index is 12.6. The Morgan fingerprint density at radius 2 is 1.71 bits per heavy atom. The number of hydrogen-bond acceptors (Lipinski definition) is 4. The first-order valence-corrected chi connectivity index (χ1v) is 11.2. The van der Waals surface area contributed by atoms with E-state index >= 15 is 0 Å². The summed E-state index contributed by atoms with van der Waals surface area (Å²) in [6.45, 7) is 1.45. The lowest BCUT2D eigenvalue weighted by Gasteiger charge is -2.43. The second-order valence-corrected chi connectivity index (χ2v) is 8.50. The summed E-state index contributed by atoms with van der Waals surface area (Å²) in [5.74, 6) is 1.16. The van der Waals surface area contributed by atoms with E-state index in [0.717, 1.165) is 12.5 Å². The van der Waals surface area contributed by atoms with Gasteiger partial charge in [-0.25, -0.2) is 0 Å².